The molecule has 0 aromatic heterocycles. The minimum atomic E-state index is -0.219. The number of benzene rings is 1. The summed E-state index contributed by atoms with van der Waals surface area (Å²) >= 11 is 0. The highest BCUT2D eigenvalue weighted by molar-refractivity contribution is 5.46. The quantitative estimate of drug-likeness (QED) is 0.820. The van der Waals surface area contributed by atoms with Gasteiger partial charge in [0.05, 0.1) is 12.1 Å². The molecule has 3 nitrogen and oxygen atoms in total. The van der Waals surface area contributed by atoms with Gasteiger partial charge in [0, 0.05) is 24.8 Å². The van der Waals surface area contributed by atoms with Crippen LogP contribution in [0.2, 0.25) is 0 Å². The van der Waals surface area contributed by atoms with E-state index >= 15 is 0 Å². The van der Waals surface area contributed by atoms with Gasteiger partial charge in [-0.1, -0.05) is 6.07 Å². The van der Waals surface area contributed by atoms with E-state index in [0.29, 0.717) is 6.04 Å². The first-order chi connectivity index (χ1) is 9.22. The molecule has 1 atom stereocenters. The van der Waals surface area contributed by atoms with Crippen molar-refractivity contribution in [3.05, 3.63) is 30.1 Å². The monoisotopic (exact) mass is 261 g/mol. The maximum atomic E-state index is 13.2. The summed E-state index contributed by atoms with van der Waals surface area (Å²) in [5, 5.41) is 12.4. The van der Waals surface area contributed by atoms with Gasteiger partial charge in [-0.05, 0) is 44.4 Å². The number of nitriles is 1. The summed E-state index contributed by atoms with van der Waals surface area (Å²) in [5.41, 5.74) is 0.880. The third kappa shape index (κ3) is 4.22. The van der Waals surface area contributed by atoms with Crippen LogP contribution in [0.15, 0.2) is 24.3 Å². The van der Waals surface area contributed by atoms with Gasteiger partial charge in [-0.25, -0.2) is 4.39 Å². The number of nitrogens with one attached hydrogen (secondary N) is 1. The lowest BCUT2D eigenvalue weighted by molar-refractivity contribution is 0.556. The molecule has 0 amide bonds. The Bertz CT molecular complexity index is 451. The van der Waals surface area contributed by atoms with Crippen molar-refractivity contribution in [2.45, 2.75) is 38.3 Å². The smallest absolute Gasteiger partial charge is 0.125 e. The van der Waals surface area contributed by atoms with E-state index in [1.54, 1.807) is 12.1 Å². The zero-order valence-corrected chi connectivity index (χ0v) is 11.3. The van der Waals surface area contributed by atoms with E-state index in [-0.39, 0.29) is 11.9 Å². The Balaban J connectivity index is 1.89. The average molecular weight is 261 g/mol. The second kappa shape index (κ2) is 6.53. The van der Waals surface area contributed by atoms with E-state index < -0.39 is 0 Å². The lowest BCUT2D eigenvalue weighted by Crippen LogP contribution is -2.34. The Morgan fingerprint density at radius 1 is 1.53 bits per heavy atom. The Hall–Kier alpha value is -1.60. The van der Waals surface area contributed by atoms with Crippen molar-refractivity contribution >= 4 is 5.69 Å². The van der Waals surface area contributed by atoms with Crippen LogP contribution in [0.4, 0.5) is 10.1 Å². The molecule has 2 rings (SSSR count). The van der Waals surface area contributed by atoms with Crippen LogP contribution in [0.1, 0.15) is 26.2 Å². The molecule has 1 unspecified atom stereocenters. The van der Waals surface area contributed by atoms with Gasteiger partial charge in [-0.15, -0.1) is 0 Å². The molecular formula is C15H20FN3. The van der Waals surface area contributed by atoms with Gasteiger partial charge in [0.1, 0.15) is 5.82 Å². The molecule has 0 aliphatic heterocycles. The van der Waals surface area contributed by atoms with Crippen molar-refractivity contribution in [1.82, 2.24) is 5.32 Å². The first-order valence-electron chi connectivity index (χ1n) is 6.89. The molecule has 1 aliphatic rings. The minimum Gasteiger partial charge on any atom is -0.372 e. The van der Waals surface area contributed by atoms with Gasteiger partial charge in [0.2, 0.25) is 0 Å². The van der Waals surface area contributed by atoms with Crippen molar-refractivity contribution in [2.24, 2.45) is 0 Å². The van der Waals surface area contributed by atoms with Crippen LogP contribution in [-0.4, -0.2) is 25.2 Å². The third-order valence-electron chi connectivity index (χ3n) is 3.41. The van der Waals surface area contributed by atoms with Gasteiger partial charge < -0.3 is 4.90 Å². The van der Waals surface area contributed by atoms with Crippen LogP contribution >= 0.6 is 0 Å². The SMILES string of the molecule is CCN(CCC(C#N)NC1CC1)c1cccc(F)c1. The number of hydrogen-bond donors (Lipinski definition) is 1. The number of rotatable bonds is 7. The van der Waals surface area contributed by atoms with Gasteiger partial charge in [0.15, 0.2) is 0 Å². The predicted molar refractivity (Wildman–Crippen MR) is 74.5 cm³/mol. The molecule has 0 radical (unpaired) electrons. The molecule has 1 aliphatic carbocycles. The molecule has 0 bridgehead atoms. The molecule has 1 aromatic rings. The van der Waals surface area contributed by atoms with Crippen molar-refractivity contribution in [2.75, 3.05) is 18.0 Å². The highest BCUT2D eigenvalue weighted by atomic mass is 19.1. The van der Waals surface area contributed by atoms with Crippen LogP contribution in [-0.2, 0) is 0 Å². The van der Waals surface area contributed by atoms with E-state index in [0.717, 1.165) is 25.2 Å². The van der Waals surface area contributed by atoms with Crippen LogP contribution in [0.5, 0.6) is 0 Å². The maximum Gasteiger partial charge on any atom is 0.125 e. The van der Waals surface area contributed by atoms with Crippen molar-refractivity contribution < 1.29 is 4.39 Å². The fraction of sp³-hybridized carbons (Fsp3) is 0.533. The summed E-state index contributed by atoms with van der Waals surface area (Å²) in [6.45, 7) is 3.61. The second-order valence-corrected chi connectivity index (χ2v) is 4.97. The topological polar surface area (TPSA) is 39.1 Å². The Morgan fingerprint density at radius 3 is 2.89 bits per heavy atom. The molecule has 0 saturated heterocycles. The van der Waals surface area contributed by atoms with Crippen LogP contribution in [0, 0.1) is 17.1 Å². The Kier molecular flexibility index (Phi) is 4.75. The van der Waals surface area contributed by atoms with E-state index in [1.165, 1.54) is 18.9 Å². The number of anilines is 1. The maximum absolute atomic E-state index is 13.2. The largest absolute Gasteiger partial charge is 0.372 e. The summed E-state index contributed by atoms with van der Waals surface area (Å²) in [5.74, 6) is -0.219. The van der Waals surface area contributed by atoms with Gasteiger partial charge in [0.25, 0.3) is 0 Å². The Labute approximate surface area is 114 Å². The highest BCUT2D eigenvalue weighted by Gasteiger charge is 2.24. The van der Waals surface area contributed by atoms with E-state index in [1.807, 2.05) is 13.0 Å². The summed E-state index contributed by atoms with van der Waals surface area (Å²) in [4.78, 5) is 2.10. The lowest BCUT2D eigenvalue weighted by Gasteiger charge is -2.24. The lowest BCUT2D eigenvalue weighted by atomic mass is 10.2. The molecule has 1 saturated carbocycles. The number of halogens is 1. The molecular weight excluding hydrogens is 241 g/mol. The van der Waals surface area contributed by atoms with Crippen LogP contribution in [0.25, 0.3) is 0 Å². The van der Waals surface area contributed by atoms with Crippen LogP contribution in [0.3, 0.4) is 0 Å². The zero-order chi connectivity index (χ0) is 13.7. The minimum absolute atomic E-state index is 0.102. The normalized spacial score (nSPS) is 15.8. The molecule has 102 valence electrons. The molecule has 0 spiro atoms. The van der Waals surface area contributed by atoms with E-state index in [4.69, 9.17) is 5.26 Å². The summed E-state index contributed by atoms with van der Waals surface area (Å²) in [6.07, 6.45) is 3.12. The number of hydrogen-bond acceptors (Lipinski definition) is 3. The average Bonchev–Trinajstić information content (AvgIpc) is 3.22. The van der Waals surface area contributed by atoms with E-state index in [2.05, 4.69) is 16.3 Å². The molecule has 1 fully saturated rings. The van der Waals surface area contributed by atoms with Gasteiger partial charge >= 0.3 is 0 Å². The molecule has 1 aromatic carbocycles. The fourth-order valence-corrected chi connectivity index (χ4v) is 2.15. The first kappa shape index (κ1) is 13.8. The summed E-state index contributed by atoms with van der Waals surface area (Å²) in [7, 11) is 0. The van der Waals surface area contributed by atoms with Gasteiger partial charge in [-0.2, -0.15) is 5.26 Å². The van der Waals surface area contributed by atoms with Crippen molar-refractivity contribution in [3.8, 4) is 6.07 Å². The van der Waals surface area contributed by atoms with Gasteiger partial charge in [-0.3, -0.25) is 5.32 Å². The fourth-order valence-electron chi connectivity index (χ4n) is 2.15. The molecule has 4 heteroatoms. The number of nitrogens with zero attached hydrogens (tertiary/aromatic N) is 2. The predicted octanol–water partition coefficient (Wildman–Crippen LogP) is 2.69. The van der Waals surface area contributed by atoms with E-state index in [9.17, 15) is 4.39 Å². The molecule has 0 heterocycles. The van der Waals surface area contributed by atoms with Crippen LogP contribution < -0.4 is 10.2 Å². The Morgan fingerprint density at radius 2 is 2.32 bits per heavy atom. The third-order valence-corrected chi connectivity index (χ3v) is 3.41. The second-order valence-electron chi connectivity index (χ2n) is 4.97. The molecule has 1 N–H and O–H groups in total. The molecule has 19 heavy (non-hydrogen) atoms. The first-order valence-corrected chi connectivity index (χ1v) is 6.89. The van der Waals surface area contributed by atoms with Crippen molar-refractivity contribution in [1.29, 1.82) is 5.26 Å². The zero-order valence-electron chi connectivity index (χ0n) is 11.3. The summed E-state index contributed by atoms with van der Waals surface area (Å²) < 4.78 is 13.2. The highest BCUT2D eigenvalue weighted by Crippen LogP contribution is 2.20. The van der Waals surface area contributed by atoms with Crippen molar-refractivity contribution in [3.63, 3.8) is 0 Å². The summed E-state index contributed by atoms with van der Waals surface area (Å²) in [6, 6.07) is 9.35. The standard InChI is InChI=1S/C15H20FN3/c1-2-19(15-5-3-4-12(16)10-15)9-8-14(11-17)18-13-6-7-13/h3-5,10,13-14,18H,2,6-9H2,1H3.